The van der Waals surface area contributed by atoms with Crippen molar-refractivity contribution in [3.8, 4) is 5.75 Å². The number of benzene rings is 2. The molecule has 0 aliphatic heterocycles. The van der Waals surface area contributed by atoms with Crippen molar-refractivity contribution in [2.45, 2.75) is 32.3 Å². The number of aryl methyl sites for hydroxylation is 1. The highest BCUT2D eigenvalue weighted by Gasteiger charge is 2.30. The van der Waals surface area contributed by atoms with Crippen LogP contribution in [0.4, 0.5) is 13.2 Å². The van der Waals surface area contributed by atoms with E-state index in [0.717, 1.165) is 28.8 Å². The van der Waals surface area contributed by atoms with Gasteiger partial charge in [0.2, 0.25) is 0 Å². The van der Waals surface area contributed by atoms with Crippen molar-refractivity contribution in [3.63, 3.8) is 0 Å². The molecule has 31 heavy (non-hydrogen) atoms. The van der Waals surface area contributed by atoms with Crippen LogP contribution in [-0.2, 0) is 19.3 Å². The molecule has 1 heterocycles. The molecule has 0 amide bonds. The Morgan fingerprint density at radius 1 is 1.00 bits per heavy atom. The Morgan fingerprint density at radius 3 is 2.32 bits per heavy atom. The normalized spacial score (nSPS) is 12.7. The third-order valence-corrected chi connectivity index (χ3v) is 4.77. The summed E-state index contributed by atoms with van der Waals surface area (Å²) in [6.45, 7) is 3.44. The average molecular weight is 431 g/mol. The maximum Gasteiger partial charge on any atom is 0.416 e. The van der Waals surface area contributed by atoms with Gasteiger partial charge in [-0.3, -0.25) is 4.90 Å². The van der Waals surface area contributed by atoms with Crippen LogP contribution in [0.3, 0.4) is 0 Å². The lowest BCUT2D eigenvalue weighted by Gasteiger charge is -2.26. The zero-order valence-corrected chi connectivity index (χ0v) is 17.1. The van der Waals surface area contributed by atoms with Crippen molar-refractivity contribution < 1.29 is 23.0 Å². The van der Waals surface area contributed by atoms with Crippen LogP contribution in [0.15, 0.2) is 67.3 Å². The number of aliphatic hydroxyl groups excluding tert-OH is 1. The third kappa shape index (κ3) is 7.04. The van der Waals surface area contributed by atoms with Gasteiger partial charge in [0.15, 0.2) is 0 Å². The van der Waals surface area contributed by atoms with Gasteiger partial charge >= 0.3 is 6.18 Å². The molecule has 0 aliphatic carbocycles. The molecule has 0 spiro atoms. The molecule has 3 rings (SSSR count). The SMILES string of the molecule is Cc1ccccc1CN(Cc1cncnc1)CC(O)COc1ccc(C(F)(F)F)cc1. The van der Waals surface area contributed by atoms with Crippen molar-refractivity contribution in [3.05, 3.63) is 89.5 Å². The fraction of sp³-hybridized carbons (Fsp3) is 0.304. The predicted octanol–water partition coefficient (Wildman–Crippen LogP) is 4.25. The Balaban J connectivity index is 1.62. The van der Waals surface area contributed by atoms with Crippen LogP contribution in [0, 0.1) is 6.92 Å². The lowest BCUT2D eigenvalue weighted by atomic mass is 10.1. The molecular formula is C23H24F3N3O2. The highest BCUT2D eigenvalue weighted by atomic mass is 19.4. The van der Waals surface area contributed by atoms with E-state index in [9.17, 15) is 18.3 Å². The van der Waals surface area contributed by atoms with Crippen LogP contribution in [0.2, 0.25) is 0 Å². The highest BCUT2D eigenvalue weighted by Crippen LogP contribution is 2.30. The molecule has 0 fully saturated rings. The highest BCUT2D eigenvalue weighted by molar-refractivity contribution is 5.29. The smallest absolute Gasteiger partial charge is 0.416 e. The Bertz CT molecular complexity index is 950. The summed E-state index contributed by atoms with van der Waals surface area (Å²) in [6.07, 6.45) is -0.320. The molecule has 8 heteroatoms. The molecule has 1 aromatic heterocycles. The van der Waals surface area contributed by atoms with Gasteiger partial charge in [-0.25, -0.2) is 9.97 Å². The quantitative estimate of drug-likeness (QED) is 0.549. The van der Waals surface area contributed by atoms with E-state index in [0.29, 0.717) is 19.6 Å². The number of hydrogen-bond acceptors (Lipinski definition) is 5. The van der Waals surface area contributed by atoms with Crippen molar-refractivity contribution in [2.24, 2.45) is 0 Å². The first-order chi connectivity index (χ1) is 14.8. The van der Waals surface area contributed by atoms with E-state index in [1.165, 1.54) is 18.5 Å². The molecule has 1 atom stereocenters. The molecule has 0 radical (unpaired) electrons. The molecule has 0 saturated carbocycles. The van der Waals surface area contributed by atoms with Gasteiger partial charge in [0.05, 0.1) is 5.56 Å². The second kappa shape index (κ2) is 10.4. The zero-order chi connectivity index (χ0) is 22.3. The molecule has 2 aromatic carbocycles. The largest absolute Gasteiger partial charge is 0.491 e. The summed E-state index contributed by atoms with van der Waals surface area (Å²) in [5.74, 6) is 0.272. The van der Waals surface area contributed by atoms with Crippen molar-refractivity contribution in [2.75, 3.05) is 13.2 Å². The minimum absolute atomic E-state index is 0.0407. The van der Waals surface area contributed by atoms with E-state index in [2.05, 4.69) is 14.9 Å². The van der Waals surface area contributed by atoms with Crippen LogP contribution in [0.25, 0.3) is 0 Å². The lowest BCUT2D eigenvalue weighted by molar-refractivity contribution is -0.137. The lowest BCUT2D eigenvalue weighted by Crippen LogP contribution is -2.35. The molecule has 0 aliphatic rings. The summed E-state index contributed by atoms with van der Waals surface area (Å²) in [4.78, 5) is 10.1. The Morgan fingerprint density at radius 2 is 1.68 bits per heavy atom. The van der Waals surface area contributed by atoms with Crippen molar-refractivity contribution in [1.82, 2.24) is 14.9 Å². The number of rotatable bonds is 9. The number of alkyl halides is 3. The number of nitrogens with zero attached hydrogens (tertiary/aromatic N) is 3. The first-order valence-electron chi connectivity index (χ1n) is 9.80. The van der Waals surface area contributed by atoms with E-state index >= 15 is 0 Å². The topological polar surface area (TPSA) is 58.5 Å². The van der Waals surface area contributed by atoms with E-state index in [1.807, 2.05) is 31.2 Å². The second-order valence-corrected chi connectivity index (χ2v) is 7.33. The van der Waals surface area contributed by atoms with Gasteiger partial charge in [-0.1, -0.05) is 24.3 Å². The fourth-order valence-corrected chi connectivity index (χ4v) is 3.17. The van der Waals surface area contributed by atoms with Gasteiger partial charge in [-0.05, 0) is 42.3 Å². The van der Waals surface area contributed by atoms with E-state index in [-0.39, 0.29) is 12.4 Å². The van der Waals surface area contributed by atoms with E-state index < -0.39 is 17.8 Å². The predicted molar refractivity (Wildman–Crippen MR) is 110 cm³/mol. The minimum Gasteiger partial charge on any atom is -0.491 e. The molecule has 3 aromatic rings. The van der Waals surface area contributed by atoms with Gasteiger partial charge in [-0.2, -0.15) is 13.2 Å². The summed E-state index contributed by atoms with van der Waals surface area (Å²) in [5.41, 5.74) is 2.45. The number of aromatic nitrogens is 2. The Labute approximate surface area is 179 Å². The summed E-state index contributed by atoms with van der Waals surface area (Å²) < 4.78 is 43.5. The van der Waals surface area contributed by atoms with Gasteiger partial charge < -0.3 is 9.84 Å². The van der Waals surface area contributed by atoms with Crippen LogP contribution >= 0.6 is 0 Å². The summed E-state index contributed by atoms with van der Waals surface area (Å²) >= 11 is 0. The molecule has 164 valence electrons. The first-order valence-corrected chi connectivity index (χ1v) is 9.80. The number of ether oxygens (including phenoxy) is 1. The van der Waals surface area contributed by atoms with Gasteiger partial charge in [-0.15, -0.1) is 0 Å². The summed E-state index contributed by atoms with van der Waals surface area (Å²) in [6, 6.07) is 12.4. The molecule has 5 nitrogen and oxygen atoms in total. The third-order valence-electron chi connectivity index (χ3n) is 4.77. The molecule has 0 saturated heterocycles. The standard InChI is InChI=1S/C23H24F3N3O2/c1-17-4-2-3-5-19(17)13-29(12-18-10-27-16-28-11-18)14-21(30)15-31-22-8-6-20(7-9-22)23(24,25)26/h2-11,16,21,30H,12-15H2,1H3. The van der Waals surface area contributed by atoms with Crippen LogP contribution in [0.5, 0.6) is 5.75 Å². The van der Waals surface area contributed by atoms with Crippen LogP contribution < -0.4 is 4.74 Å². The Hall–Kier alpha value is -2.97. The number of aliphatic hydroxyl groups is 1. The monoisotopic (exact) mass is 431 g/mol. The van der Waals surface area contributed by atoms with Gasteiger partial charge in [0, 0.05) is 37.6 Å². The maximum absolute atomic E-state index is 12.7. The van der Waals surface area contributed by atoms with Gasteiger partial charge in [0.25, 0.3) is 0 Å². The van der Waals surface area contributed by atoms with Crippen molar-refractivity contribution in [1.29, 1.82) is 0 Å². The minimum atomic E-state index is -4.39. The van der Waals surface area contributed by atoms with Crippen molar-refractivity contribution >= 4 is 0 Å². The summed E-state index contributed by atoms with van der Waals surface area (Å²) in [7, 11) is 0. The summed E-state index contributed by atoms with van der Waals surface area (Å²) in [5, 5.41) is 10.5. The first kappa shape index (κ1) is 22.7. The van der Waals surface area contributed by atoms with Crippen LogP contribution in [0.1, 0.15) is 22.3 Å². The number of halogens is 3. The fourth-order valence-electron chi connectivity index (χ4n) is 3.17. The molecule has 1 unspecified atom stereocenters. The molecular weight excluding hydrogens is 407 g/mol. The van der Waals surface area contributed by atoms with Crippen LogP contribution in [-0.4, -0.2) is 39.2 Å². The Kier molecular flexibility index (Phi) is 7.59. The molecule has 0 bridgehead atoms. The number of hydrogen-bond donors (Lipinski definition) is 1. The zero-order valence-electron chi connectivity index (χ0n) is 17.1. The average Bonchev–Trinajstić information content (AvgIpc) is 2.74. The maximum atomic E-state index is 12.7. The van der Waals surface area contributed by atoms with E-state index in [1.54, 1.807) is 12.4 Å². The van der Waals surface area contributed by atoms with Gasteiger partial charge in [0.1, 0.15) is 24.8 Å². The van der Waals surface area contributed by atoms with E-state index in [4.69, 9.17) is 4.74 Å². The molecule has 1 N–H and O–H groups in total. The second-order valence-electron chi connectivity index (χ2n) is 7.33.